The van der Waals surface area contributed by atoms with E-state index in [0.29, 0.717) is 5.02 Å². The lowest BCUT2D eigenvalue weighted by Gasteiger charge is -2.04. The lowest BCUT2D eigenvalue weighted by Crippen LogP contribution is -2.35. The highest BCUT2D eigenvalue weighted by Gasteiger charge is 2.21. The molecule has 0 spiro atoms. The van der Waals surface area contributed by atoms with Crippen LogP contribution in [0.3, 0.4) is 0 Å². The number of carbonyl (C=O) groups is 2. The normalized spacial score (nSPS) is 10.8. The molecule has 0 atom stereocenters. The lowest BCUT2D eigenvalue weighted by atomic mass is 10.4. The third kappa shape index (κ3) is 2.94. The topological polar surface area (TPSA) is 101 Å². The summed E-state index contributed by atoms with van der Waals surface area (Å²) in [5.41, 5.74) is 0. The van der Waals surface area contributed by atoms with E-state index in [-0.39, 0.29) is 4.90 Å². The van der Waals surface area contributed by atoms with E-state index in [1.165, 1.54) is 16.9 Å². The molecule has 0 radical (unpaired) electrons. The molecule has 0 bridgehead atoms. The average Bonchev–Trinajstić information content (AvgIpc) is 2.17. The van der Waals surface area contributed by atoms with E-state index in [4.69, 9.17) is 16.7 Å². The van der Waals surface area contributed by atoms with Crippen LogP contribution in [0.4, 0.5) is 0 Å². The quantitative estimate of drug-likeness (QED) is 0.744. The molecule has 1 rings (SSSR count). The summed E-state index contributed by atoms with van der Waals surface area (Å²) in [7, 11) is -4.16. The minimum absolute atomic E-state index is 0.244. The standard InChI is InChI=1S/C8H6ClNO5S/c9-5-1-3-6(4-2-5)16(14,15)10-7(11)8(12)13/h1-4H,(H,10,11)(H,12,13). The molecule has 6 nitrogen and oxygen atoms in total. The minimum atomic E-state index is -4.16. The van der Waals surface area contributed by atoms with Crippen molar-refractivity contribution in [3.05, 3.63) is 29.3 Å². The first-order valence-corrected chi connectivity index (χ1v) is 5.74. The van der Waals surface area contributed by atoms with Crippen LogP contribution >= 0.6 is 11.6 Å². The maximum absolute atomic E-state index is 11.4. The summed E-state index contributed by atoms with van der Waals surface area (Å²) in [6.07, 6.45) is 0. The van der Waals surface area contributed by atoms with Gasteiger partial charge in [-0.3, -0.25) is 4.79 Å². The van der Waals surface area contributed by atoms with Gasteiger partial charge in [-0.1, -0.05) is 11.6 Å². The summed E-state index contributed by atoms with van der Waals surface area (Å²) in [4.78, 5) is 20.6. The van der Waals surface area contributed by atoms with Gasteiger partial charge in [-0.2, -0.15) is 0 Å². The molecule has 0 unspecified atom stereocenters. The Morgan fingerprint density at radius 1 is 1.19 bits per heavy atom. The Labute approximate surface area is 95.9 Å². The van der Waals surface area contributed by atoms with Crippen molar-refractivity contribution < 1.29 is 23.1 Å². The smallest absolute Gasteiger partial charge is 0.395 e. The zero-order chi connectivity index (χ0) is 12.3. The predicted molar refractivity (Wildman–Crippen MR) is 54.4 cm³/mol. The molecule has 0 aliphatic carbocycles. The first kappa shape index (κ1) is 12.5. The zero-order valence-electron chi connectivity index (χ0n) is 7.68. The number of halogens is 1. The van der Waals surface area contributed by atoms with E-state index < -0.39 is 21.9 Å². The van der Waals surface area contributed by atoms with Crippen molar-refractivity contribution in [3.8, 4) is 0 Å². The van der Waals surface area contributed by atoms with Gasteiger partial charge in [-0.25, -0.2) is 17.9 Å². The van der Waals surface area contributed by atoms with Gasteiger partial charge in [0.25, 0.3) is 10.0 Å². The molecule has 0 aliphatic rings. The average molecular weight is 264 g/mol. The molecule has 0 saturated heterocycles. The molecule has 0 fully saturated rings. The van der Waals surface area contributed by atoms with E-state index in [0.717, 1.165) is 12.1 Å². The summed E-state index contributed by atoms with van der Waals surface area (Å²) in [5, 5.41) is 8.56. The summed E-state index contributed by atoms with van der Waals surface area (Å²) >= 11 is 5.54. The van der Waals surface area contributed by atoms with Crippen LogP contribution in [-0.4, -0.2) is 25.4 Å². The maximum Gasteiger partial charge on any atom is 0.395 e. The van der Waals surface area contributed by atoms with Crippen molar-refractivity contribution in [2.45, 2.75) is 4.90 Å². The number of amides is 1. The zero-order valence-corrected chi connectivity index (χ0v) is 9.25. The fourth-order valence-corrected chi connectivity index (χ4v) is 1.91. The molecule has 0 aromatic heterocycles. The third-order valence-corrected chi connectivity index (χ3v) is 3.14. The number of carbonyl (C=O) groups excluding carboxylic acids is 1. The van der Waals surface area contributed by atoms with Crippen molar-refractivity contribution in [2.24, 2.45) is 0 Å². The van der Waals surface area contributed by atoms with Gasteiger partial charge in [0, 0.05) is 5.02 Å². The number of hydrogen-bond donors (Lipinski definition) is 2. The Kier molecular flexibility index (Phi) is 3.51. The molecule has 0 saturated carbocycles. The molecule has 86 valence electrons. The summed E-state index contributed by atoms with van der Waals surface area (Å²) in [6, 6.07) is 4.92. The van der Waals surface area contributed by atoms with E-state index in [2.05, 4.69) is 0 Å². The Morgan fingerprint density at radius 3 is 2.12 bits per heavy atom. The largest absolute Gasteiger partial charge is 0.474 e. The number of sulfonamides is 1. The van der Waals surface area contributed by atoms with Crippen molar-refractivity contribution >= 4 is 33.5 Å². The van der Waals surface area contributed by atoms with Gasteiger partial charge in [0.1, 0.15) is 0 Å². The van der Waals surface area contributed by atoms with Gasteiger partial charge >= 0.3 is 11.9 Å². The van der Waals surface area contributed by atoms with Gasteiger partial charge < -0.3 is 5.11 Å². The second-order valence-electron chi connectivity index (χ2n) is 2.69. The van der Waals surface area contributed by atoms with Gasteiger partial charge in [0.05, 0.1) is 4.90 Å². The van der Waals surface area contributed by atoms with Gasteiger partial charge in [0.2, 0.25) is 0 Å². The second kappa shape index (κ2) is 4.50. The highest BCUT2D eigenvalue weighted by Crippen LogP contribution is 2.13. The van der Waals surface area contributed by atoms with Crippen molar-refractivity contribution in [2.75, 3.05) is 0 Å². The SMILES string of the molecule is O=C(O)C(=O)NS(=O)(=O)c1ccc(Cl)cc1. The van der Waals surface area contributed by atoms with Gasteiger partial charge in [-0.05, 0) is 24.3 Å². The first-order valence-electron chi connectivity index (χ1n) is 3.88. The molecule has 1 amide bonds. The van der Waals surface area contributed by atoms with Crippen LogP contribution in [-0.2, 0) is 19.6 Å². The summed E-state index contributed by atoms with van der Waals surface area (Å²) in [5.74, 6) is -3.49. The van der Waals surface area contributed by atoms with Gasteiger partial charge in [0.15, 0.2) is 0 Å². The number of nitrogens with one attached hydrogen (secondary N) is 1. The van der Waals surface area contributed by atoms with E-state index in [1.807, 2.05) is 0 Å². The monoisotopic (exact) mass is 263 g/mol. The van der Waals surface area contributed by atoms with Crippen LogP contribution in [0.1, 0.15) is 0 Å². The molecule has 1 aromatic rings. The van der Waals surface area contributed by atoms with Crippen molar-refractivity contribution in [1.29, 1.82) is 0 Å². The molecule has 2 N–H and O–H groups in total. The van der Waals surface area contributed by atoms with Crippen LogP contribution in [0, 0.1) is 0 Å². The number of rotatable bonds is 2. The van der Waals surface area contributed by atoms with Gasteiger partial charge in [-0.15, -0.1) is 0 Å². The summed E-state index contributed by atoms with van der Waals surface area (Å²) in [6.45, 7) is 0. The van der Waals surface area contributed by atoms with Crippen LogP contribution in [0.2, 0.25) is 5.02 Å². The molecule has 0 heterocycles. The molecular weight excluding hydrogens is 258 g/mol. The minimum Gasteiger partial charge on any atom is -0.474 e. The second-order valence-corrected chi connectivity index (χ2v) is 4.81. The molecule has 8 heteroatoms. The first-order chi connectivity index (χ1) is 7.33. The number of carboxylic acid groups (broad SMARTS) is 1. The van der Waals surface area contributed by atoms with Crippen molar-refractivity contribution in [3.63, 3.8) is 0 Å². The lowest BCUT2D eigenvalue weighted by molar-refractivity contribution is -0.149. The van der Waals surface area contributed by atoms with Crippen molar-refractivity contribution in [1.82, 2.24) is 4.72 Å². The van der Waals surface area contributed by atoms with E-state index >= 15 is 0 Å². The van der Waals surface area contributed by atoms with Crippen LogP contribution in [0.15, 0.2) is 29.2 Å². The Balaban J connectivity index is 2.99. The van der Waals surface area contributed by atoms with E-state index in [9.17, 15) is 18.0 Å². The molecule has 16 heavy (non-hydrogen) atoms. The number of hydrogen-bond acceptors (Lipinski definition) is 4. The fraction of sp³-hybridized carbons (Fsp3) is 0. The Morgan fingerprint density at radius 2 is 1.69 bits per heavy atom. The van der Waals surface area contributed by atoms with Crippen LogP contribution in [0.5, 0.6) is 0 Å². The highest BCUT2D eigenvalue weighted by molar-refractivity contribution is 7.90. The predicted octanol–water partition coefficient (Wildman–Crippen LogP) is 0.230. The van der Waals surface area contributed by atoms with E-state index in [1.54, 1.807) is 0 Å². The fourth-order valence-electron chi connectivity index (χ4n) is 0.838. The molecular formula is C8H6ClNO5S. The summed E-state index contributed by atoms with van der Waals surface area (Å²) < 4.78 is 24.2. The number of carboxylic acids is 1. The molecule has 1 aromatic carbocycles. The third-order valence-electron chi connectivity index (χ3n) is 1.55. The number of aliphatic carboxylic acids is 1. The highest BCUT2D eigenvalue weighted by atomic mass is 35.5. The van der Waals surface area contributed by atoms with Crippen LogP contribution < -0.4 is 4.72 Å². The Bertz CT molecular complexity index is 522. The van der Waals surface area contributed by atoms with Crippen LogP contribution in [0.25, 0.3) is 0 Å². The number of benzene rings is 1. The molecule has 0 aliphatic heterocycles. The maximum atomic E-state index is 11.4. The Hall–Kier alpha value is -1.60.